The van der Waals surface area contributed by atoms with E-state index in [4.69, 9.17) is 21.4 Å². The maximum absolute atomic E-state index is 11.4. The molecule has 1 unspecified atom stereocenters. The van der Waals surface area contributed by atoms with Crippen molar-refractivity contribution >= 4 is 23.5 Å². The first-order valence-corrected chi connectivity index (χ1v) is 5.77. The second-order valence-corrected chi connectivity index (χ2v) is 3.96. The van der Waals surface area contributed by atoms with E-state index in [0.29, 0.717) is 17.2 Å². The molecule has 0 fully saturated rings. The van der Waals surface area contributed by atoms with Gasteiger partial charge in [0.15, 0.2) is 6.04 Å². The van der Waals surface area contributed by atoms with Crippen molar-refractivity contribution in [1.82, 2.24) is 5.32 Å². The van der Waals surface area contributed by atoms with Crippen molar-refractivity contribution in [1.29, 1.82) is 0 Å². The minimum atomic E-state index is -1.14. The van der Waals surface area contributed by atoms with E-state index in [2.05, 4.69) is 5.32 Å². The Morgan fingerprint density at radius 2 is 2.00 bits per heavy atom. The number of rotatable bonds is 6. The van der Waals surface area contributed by atoms with E-state index in [-0.39, 0.29) is 6.61 Å². The lowest BCUT2D eigenvalue weighted by atomic mass is 10.1. The summed E-state index contributed by atoms with van der Waals surface area (Å²) < 4.78 is 4.90. The highest BCUT2D eigenvalue weighted by Crippen LogP contribution is 2.16. The van der Waals surface area contributed by atoms with Crippen molar-refractivity contribution in [2.45, 2.75) is 13.0 Å². The first kappa shape index (κ1) is 14.5. The van der Waals surface area contributed by atoms with Gasteiger partial charge in [0.1, 0.15) is 6.61 Å². The standard InChI is InChI=1S/C12H14ClNO4/c1-2-18-7-10(15)14-11(12(16)17)8-3-5-9(13)6-4-8/h3-6,11H,2,7H2,1H3,(H,14,15)(H,16,17). The second kappa shape index (κ2) is 6.98. The Labute approximate surface area is 110 Å². The van der Waals surface area contributed by atoms with Crippen molar-refractivity contribution in [3.8, 4) is 0 Å². The predicted molar refractivity (Wildman–Crippen MR) is 66.5 cm³/mol. The third-order valence-electron chi connectivity index (χ3n) is 2.19. The van der Waals surface area contributed by atoms with Crippen molar-refractivity contribution in [2.75, 3.05) is 13.2 Å². The van der Waals surface area contributed by atoms with Gasteiger partial charge in [0.25, 0.3) is 0 Å². The molecule has 0 saturated carbocycles. The van der Waals surface area contributed by atoms with Crippen LogP contribution in [0.4, 0.5) is 0 Å². The summed E-state index contributed by atoms with van der Waals surface area (Å²) in [6.07, 6.45) is 0. The molecule has 0 aliphatic heterocycles. The predicted octanol–water partition coefficient (Wildman–Crippen LogP) is 1.62. The van der Waals surface area contributed by atoms with Crippen LogP contribution in [-0.2, 0) is 14.3 Å². The molecule has 0 saturated heterocycles. The summed E-state index contributed by atoms with van der Waals surface area (Å²) in [5.41, 5.74) is 0.455. The minimum absolute atomic E-state index is 0.159. The topological polar surface area (TPSA) is 75.6 Å². The summed E-state index contributed by atoms with van der Waals surface area (Å²) >= 11 is 5.72. The molecule has 0 aromatic heterocycles. The SMILES string of the molecule is CCOCC(=O)NC(C(=O)O)c1ccc(Cl)cc1. The van der Waals surface area contributed by atoms with Crippen LogP contribution in [0.2, 0.25) is 5.02 Å². The number of hydrogen-bond acceptors (Lipinski definition) is 3. The lowest BCUT2D eigenvalue weighted by Gasteiger charge is -2.14. The molecule has 0 aliphatic carbocycles. The van der Waals surface area contributed by atoms with E-state index in [1.54, 1.807) is 31.2 Å². The first-order valence-electron chi connectivity index (χ1n) is 5.40. The molecule has 1 aromatic carbocycles. The van der Waals surface area contributed by atoms with E-state index in [1.807, 2.05) is 0 Å². The number of carbonyl (C=O) groups excluding carboxylic acids is 1. The van der Waals surface area contributed by atoms with Crippen LogP contribution < -0.4 is 5.32 Å². The molecule has 0 aliphatic rings. The monoisotopic (exact) mass is 271 g/mol. The lowest BCUT2D eigenvalue weighted by molar-refractivity contribution is -0.142. The van der Waals surface area contributed by atoms with Gasteiger partial charge in [-0.1, -0.05) is 23.7 Å². The van der Waals surface area contributed by atoms with Crippen molar-refractivity contribution in [2.24, 2.45) is 0 Å². The number of aliphatic carboxylic acids is 1. The number of carbonyl (C=O) groups is 2. The molecule has 0 heterocycles. The molecular weight excluding hydrogens is 258 g/mol. The second-order valence-electron chi connectivity index (χ2n) is 3.53. The Morgan fingerprint density at radius 1 is 1.39 bits per heavy atom. The van der Waals surface area contributed by atoms with Crippen molar-refractivity contribution in [3.63, 3.8) is 0 Å². The highest BCUT2D eigenvalue weighted by Gasteiger charge is 2.21. The molecule has 0 bridgehead atoms. The first-order chi connectivity index (χ1) is 8.54. The number of halogens is 1. The highest BCUT2D eigenvalue weighted by molar-refractivity contribution is 6.30. The van der Waals surface area contributed by atoms with Gasteiger partial charge in [-0.15, -0.1) is 0 Å². The third kappa shape index (κ3) is 4.35. The largest absolute Gasteiger partial charge is 0.479 e. The number of amides is 1. The molecule has 1 rings (SSSR count). The fraction of sp³-hybridized carbons (Fsp3) is 0.333. The molecule has 2 N–H and O–H groups in total. The summed E-state index contributed by atoms with van der Waals surface area (Å²) in [6, 6.07) is 5.16. The van der Waals surface area contributed by atoms with Gasteiger partial charge in [0, 0.05) is 11.6 Å². The van der Waals surface area contributed by atoms with E-state index < -0.39 is 17.9 Å². The summed E-state index contributed by atoms with van der Waals surface area (Å²) in [6.45, 7) is 1.99. The van der Waals surface area contributed by atoms with Gasteiger partial charge in [0.2, 0.25) is 5.91 Å². The van der Waals surface area contributed by atoms with Crippen LogP contribution in [0.5, 0.6) is 0 Å². The van der Waals surface area contributed by atoms with E-state index in [1.165, 1.54) is 0 Å². The zero-order chi connectivity index (χ0) is 13.5. The van der Waals surface area contributed by atoms with Crippen molar-refractivity contribution < 1.29 is 19.4 Å². The Morgan fingerprint density at radius 3 is 2.50 bits per heavy atom. The molecule has 98 valence electrons. The summed E-state index contributed by atoms with van der Waals surface area (Å²) in [7, 11) is 0. The molecule has 5 nitrogen and oxygen atoms in total. The number of benzene rings is 1. The van der Waals surface area contributed by atoms with Crippen LogP contribution in [0.3, 0.4) is 0 Å². The normalized spacial score (nSPS) is 11.9. The average molecular weight is 272 g/mol. The van der Waals surface area contributed by atoms with Crippen LogP contribution in [0.25, 0.3) is 0 Å². The molecular formula is C12H14ClNO4. The van der Waals surface area contributed by atoms with E-state index >= 15 is 0 Å². The molecule has 18 heavy (non-hydrogen) atoms. The molecule has 1 amide bonds. The highest BCUT2D eigenvalue weighted by atomic mass is 35.5. The smallest absolute Gasteiger partial charge is 0.330 e. The van der Waals surface area contributed by atoms with E-state index in [9.17, 15) is 9.59 Å². The molecule has 1 atom stereocenters. The molecule has 6 heteroatoms. The third-order valence-corrected chi connectivity index (χ3v) is 2.44. The number of ether oxygens (including phenoxy) is 1. The summed E-state index contributed by atoms with van der Waals surface area (Å²) in [5.74, 6) is -1.61. The Kier molecular flexibility index (Phi) is 5.61. The molecule has 0 spiro atoms. The van der Waals surface area contributed by atoms with Gasteiger partial charge in [-0.2, -0.15) is 0 Å². The fourth-order valence-corrected chi connectivity index (χ4v) is 1.47. The van der Waals surface area contributed by atoms with Gasteiger partial charge in [-0.3, -0.25) is 4.79 Å². The van der Waals surface area contributed by atoms with Gasteiger partial charge in [-0.05, 0) is 24.6 Å². The lowest BCUT2D eigenvalue weighted by Crippen LogP contribution is -2.36. The number of nitrogens with one attached hydrogen (secondary N) is 1. The quantitative estimate of drug-likeness (QED) is 0.824. The minimum Gasteiger partial charge on any atom is -0.479 e. The van der Waals surface area contributed by atoms with Gasteiger partial charge in [-0.25, -0.2) is 4.79 Å². The number of carboxylic acid groups (broad SMARTS) is 1. The van der Waals surface area contributed by atoms with Crippen LogP contribution >= 0.6 is 11.6 Å². The van der Waals surface area contributed by atoms with E-state index in [0.717, 1.165) is 0 Å². The number of carboxylic acids is 1. The maximum Gasteiger partial charge on any atom is 0.330 e. The Balaban J connectivity index is 2.74. The zero-order valence-electron chi connectivity index (χ0n) is 9.85. The van der Waals surface area contributed by atoms with Gasteiger partial charge in [0.05, 0.1) is 0 Å². The summed E-state index contributed by atoms with van der Waals surface area (Å²) in [4.78, 5) is 22.5. The Hall–Kier alpha value is -1.59. The number of hydrogen-bond donors (Lipinski definition) is 2. The fourth-order valence-electron chi connectivity index (χ4n) is 1.34. The van der Waals surface area contributed by atoms with Crippen LogP contribution in [-0.4, -0.2) is 30.2 Å². The Bertz CT molecular complexity index is 419. The van der Waals surface area contributed by atoms with Crippen molar-refractivity contribution in [3.05, 3.63) is 34.9 Å². The molecule has 0 radical (unpaired) electrons. The zero-order valence-corrected chi connectivity index (χ0v) is 10.6. The average Bonchev–Trinajstić information content (AvgIpc) is 2.34. The van der Waals surface area contributed by atoms with Crippen LogP contribution in [0.15, 0.2) is 24.3 Å². The summed E-state index contributed by atoms with van der Waals surface area (Å²) in [5, 5.41) is 12.0. The van der Waals surface area contributed by atoms with Gasteiger partial charge >= 0.3 is 5.97 Å². The maximum atomic E-state index is 11.4. The van der Waals surface area contributed by atoms with Crippen LogP contribution in [0.1, 0.15) is 18.5 Å². The van der Waals surface area contributed by atoms with Gasteiger partial charge < -0.3 is 15.2 Å². The van der Waals surface area contributed by atoms with Crippen LogP contribution in [0, 0.1) is 0 Å². The molecule has 1 aromatic rings.